The fourth-order valence-electron chi connectivity index (χ4n) is 2.15. The van der Waals surface area contributed by atoms with Crippen LogP contribution in [0.2, 0.25) is 5.02 Å². The second-order valence-corrected chi connectivity index (χ2v) is 8.46. The van der Waals surface area contributed by atoms with Gasteiger partial charge in [0, 0.05) is 16.8 Å². The normalized spacial score (nSPS) is 12.3. The molecule has 0 aromatic heterocycles. The van der Waals surface area contributed by atoms with E-state index < -0.39 is 26.4 Å². The second kappa shape index (κ2) is 8.20. The van der Waals surface area contributed by atoms with Crippen LogP contribution >= 0.6 is 27.5 Å². The molecule has 6 nitrogen and oxygen atoms in total. The summed E-state index contributed by atoms with van der Waals surface area (Å²) in [4.78, 5) is 24.0. The number of methoxy groups -OCH3 is 1. The first-order chi connectivity index (χ1) is 12.1. The lowest BCUT2D eigenvalue weighted by molar-refractivity contribution is 0.0906. The van der Waals surface area contributed by atoms with E-state index in [1.165, 1.54) is 25.3 Å². The van der Waals surface area contributed by atoms with Crippen LogP contribution in [0.5, 0.6) is 5.75 Å². The first-order valence-corrected chi connectivity index (χ1v) is 10.4. The Morgan fingerprint density at radius 3 is 2.27 bits per heavy atom. The number of hydrogen-bond donors (Lipinski definition) is 1. The Labute approximate surface area is 164 Å². The second-order valence-electron chi connectivity index (χ2n) is 5.39. The molecular formula is C17H15BrClNO5S. The summed E-state index contributed by atoms with van der Waals surface area (Å²) >= 11 is 9.16. The third-order valence-electron chi connectivity index (χ3n) is 3.37. The molecule has 2 aromatic rings. The van der Waals surface area contributed by atoms with Crippen LogP contribution in [0.1, 0.15) is 20.7 Å². The number of benzene rings is 2. The van der Waals surface area contributed by atoms with Crippen molar-refractivity contribution in [2.45, 2.75) is 4.83 Å². The molecule has 26 heavy (non-hydrogen) atoms. The number of hydrogen-bond acceptors (Lipinski definition) is 5. The number of nitrogens with one attached hydrogen (secondary N) is 1. The molecule has 0 saturated carbocycles. The summed E-state index contributed by atoms with van der Waals surface area (Å²) in [5.41, 5.74) is 0.531. The minimum Gasteiger partial charge on any atom is -0.497 e. The summed E-state index contributed by atoms with van der Waals surface area (Å²) in [7, 11) is -2.01. The topological polar surface area (TPSA) is 89.5 Å². The van der Waals surface area contributed by atoms with Gasteiger partial charge in [-0.2, -0.15) is 0 Å². The van der Waals surface area contributed by atoms with E-state index in [1.54, 1.807) is 24.3 Å². The fraction of sp³-hybridized carbons (Fsp3) is 0.176. The highest BCUT2D eigenvalue weighted by atomic mass is 79.9. The van der Waals surface area contributed by atoms with Crippen molar-refractivity contribution in [1.29, 1.82) is 0 Å². The predicted molar refractivity (Wildman–Crippen MR) is 104 cm³/mol. The number of carbonyl (C=O) groups excluding carboxylic acids is 2. The maximum absolute atomic E-state index is 12.7. The molecule has 1 N–H and O–H groups in total. The number of ketones is 2. The van der Waals surface area contributed by atoms with Gasteiger partial charge in [0.1, 0.15) is 10.6 Å². The van der Waals surface area contributed by atoms with Crippen molar-refractivity contribution >= 4 is 54.8 Å². The maximum atomic E-state index is 12.7. The molecule has 0 spiro atoms. The highest BCUT2D eigenvalue weighted by molar-refractivity contribution is 9.10. The van der Waals surface area contributed by atoms with E-state index in [4.69, 9.17) is 16.3 Å². The van der Waals surface area contributed by atoms with Crippen molar-refractivity contribution in [1.82, 2.24) is 0 Å². The van der Waals surface area contributed by atoms with Crippen molar-refractivity contribution in [3.05, 3.63) is 58.6 Å². The quantitative estimate of drug-likeness (QED) is 0.388. The number of sulfonamides is 1. The number of anilines is 1. The molecule has 138 valence electrons. The number of rotatable bonds is 7. The fourth-order valence-corrected chi connectivity index (χ4v) is 3.43. The molecule has 1 unspecified atom stereocenters. The van der Waals surface area contributed by atoms with E-state index in [0.717, 1.165) is 6.26 Å². The molecular weight excluding hydrogens is 446 g/mol. The highest BCUT2D eigenvalue weighted by Gasteiger charge is 2.27. The zero-order valence-electron chi connectivity index (χ0n) is 13.8. The molecule has 0 fully saturated rings. The number of halogens is 2. The van der Waals surface area contributed by atoms with Gasteiger partial charge in [0.15, 0.2) is 11.6 Å². The van der Waals surface area contributed by atoms with Gasteiger partial charge in [0.25, 0.3) is 0 Å². The Bertz CT molecular complexity index is 944. The van der Waals surface area contributed by atoms with Crippen LogP contribution in [0.4, 0.5) is 5.69 Å². The summed E-state index contributed by atoms with van der Waals surface area (Å²) in [6.45, 7) is 0. The molecule has 0 saturated heterocycles. The molecule has 0 aliphatic heterocycles. The van der Waals surface area contributed by atoms with Gasteiger partial charge in [-0.3, -0.25) is 14.3 Å². The zero-order chi connectivity index (χ0) is 19.5. The smallest absolute Gasteiger partial charge is 0.229 e. The van der Waals surface area contributed by atoms with Crippen molar-refractivity contribution in [3.63, 3.8) is 0 Å². The standard InChI is InChI=1S/C17H15BrClNO5S/c1-25-12-6-3-10(4-7-12)16(21)15(18)17(22)13-9-11(5-8-14(13)19)20-26(2,23)24/h3-9,15,20H,1-2H3. The van der Waals surface area contributed by atoms with Crippen LogP contribution < -0.4 is 9.46 Å². The summed E-state index contributed by atoms with van der Waals surface area (Å²) < 4.78 is 30.0. The van der Waals surface area contributed by atoms with Crippen LogP contribution in [0, 0.1) is 0 Å². The molecule has 2 aromatic carbocycles. The van der Waals surface area contributed by atoms with Gasteiger partial charge in [-0.25, -0.2) is 8.42 Å². The van der Waals surface area contributed by atoms with Crippen molar-refractivity contribution in [3.8, 4) is 5.75 Å². The van der Waals surface area contributed by atoms with E-state index in [0.29, 0.717) is 11.3 Å². The molecule has 0 aliphatic rings. The molecule has 9 heteroatoms. The minimum atomic E-state index is -3.51. The van der Waals surface area contributed by atoms with Crippen LogP contribution in [0.25, 0.3) is 0 Å². The molecule has 1 atom stereocenters. The minimum absolute atomic E-state index is 0.0315. The first-order valence-electron chi connectivity index (χ1n) is 7.26. The molecule has 0 bridgehead atoms. The Kier molecular flexibility index (Phi) is 6.44. The zero-order valence-corrected chi connectivity index (χ0v) is 17.0. The SMILES string of the molecule is COc1ccc(C(=O)C(Br)C(=O)c2cc(NS(C)(=O)=O)ccc2Cl)cc1. The number of carbonyl (C=O) groups is 2. The monoisotopic (exact) mass is 459 g/mol. The van der Waals surface area contributed by atoms with Gasteiger partial charge < -0.3 is 4.74 Å². The summed E-state index contributed by atoms with van der Waals surface area (Å²) in [5, 5.41) is 0.112. The Balaban J connectivity index is 2.28. The number of alkyl halides is 1. The van der Waals surface area contributed by atoms with Gasteiger partial charge in [-0.05, 0) is 42.5 Å². The Hall–Kier alpha value is -1.90. The van der Waals surface area contributed by atoms with E-state index in [1.807, 2.05) is 0 Å². The average molecular weight is 461 g/mol. The summed E-state index contributed by atoms with van der Waals surface area (Å²) in [6, 6.07) is 10.4. The van der Waals surface area contributed by atoms with Crippen LogP contribution in [0.3, 0.4) is 0 Å². The lowest BCUT2D eigenvalue weighted by Crippen LogP contribution is -2.25. The van der Waals surface area contributed by atoms with Crippen LogP contribution in [-0.2, 0) is 10.0 Å². The van der Waals surface area contributed by atoms with Crippen molar-refractivity contribution < 1.29 is 22.7 Å². The summed E-state index contributed by atoms with van der Waals surface area (Å²) in [5.74, 6) is -0.440. The molecule has 0 aliphatic carbocycles. The highest BCUT2D eigenvalue weighted by Crippen LogP contribution is 2.26. The maximum Gasteiger partial charge on any atom is 0.229 e. The third kappa shape index (κ3) is 5.06. The molecule has 0 amide bonds. The lowest BCUT2D eigenvalue weighted by atomic mass is 10.0. The predicted octanol–water partition coefficient (Wildman–Crippen LogP) is 3.55. The summed E-state index contributed by atoms with van der Waals surface area (Å²) in [6.07, 6.45) is 0.990. The van der Waals surface area contributed by atoms with Gasteiger partial charge in [0.2, 0.25) is 10.0 Å². The number of Topliss-reactive ketones (excluding diaryl/α,β-unsaturated/α-hetero) is 2. The first kappa shape index (κ1) is 20.4. The Morgan fingerprint density at radius 2 is 1.73 bits per heavy atom. The number of ether oxygens (including phenoxy) is 1. The molecule has 0 heterocycles. The van der Waals surface area contributed by atoms with Gasteiger partial charge in [0.05, 0.1) is 18.4 Å². The van der Waals surface area contributed by atoms with E-state index in [9.17, 15) is 18.0 Å². The molecule has 0 radical (unpaired) electrons. The van der Waals surface area contributed by atoms with E-state index >= 15 is 0 Å². The van der Waals surface area contributed by atoms with Crippen LogP contribution in [-0.4, -0.2) is 38.2 Å². The Morgan fingerprint density at radius 1 is 1.12 bits per heavy atom. The lowest BCUT2D eigenvalue weighted by Gasteiger charge is -2.12. The third-order valence-corrected chi connectivity index (χ3v) is 5.14. The van der Waals surface area contributed by atoms with Crippen molar-refractivity contribution in [2.75, 3.05) is 18.1 Å². The van der Waals surface area contributed by atoms with Gasteiger partial charge in [-0.15, -0.1) is 0 Å². The van der Waals surface area contributed by atoms with E-state index in [-0.39, 0.29) is 16.3 Å². The van der Waals surface area contributed by atoms with Crippen molar-refractivity contribution in [2.24, 2.45) is 0 Å². The van der Waals surface area contributed by atoms with Gasteiger partial charge >= 0.3 is 0 Å². The largest absolute Gasteiger partial charge is 0.497 e. The van der Waals surface area contributed by atoms with Gasteiger partial charge in [-0.1, -0.05) is 27.5 Å². The van der Waals surface area contributed by atoms with Crippen LogP contribution in [0.15, 0.2) is 42.5 Å². The molecule has 2 rings (SSSR count). The van der Waals surface area contributed by atoms with E-state index in [2.05, 4.69) is 20.7 Å². The average Bonchev–Trinajstić information content (AvgIpc) is 2.60.